The van der Waals surface area contributed by atoms with Crippen LogP contribution < -0.4 is 0 Å². The van der Waals surface area contributed by atoms with Crippen molar-refractivity contribution in [3.63, 3.8) is 0 Å². The predicted molar refractivity (Wildman–Crippen MR) is 85.3 cm³/mol. The molecule has 0 bridgehead atoms. The van der Waals surface area contributed by atoms with Crippen molar-refractivity contribution in [2.75, 3.05) is 39.8 Å². The van der Waals surface area contributed by atoms with Gasteiger partial charge in [0, 0.05) is 43.3 Å². The molecular formula is C17H25N3. The summed E-state index contributed by atoms with van der Waals surface area (Å²) in [7, 11) is 2.21. The van der Waals surface area contributed by atoms with Crippen molar-refractivity contribution in [3.8, 4) is 0 Å². The third-order valence-electron chi connectivity index (χ3n) is 4.53. The van der Waals surface area contributed by atoms with Gasteiger partial charge in [-0.15, -0.1) is 0 Å². The van der Waals surface area contributed by atoms with Crippen LogP contribution in [0.3, 0.4) is 0 Å². The standard InChI is InChI=1S/C17H25N3/c1-14-5-3-7-16-15(13-18-17(14)16)6-4-8-20-11-9-19(2)10-12-20/h3,5,7,13,18H,4,6,8-12H2,1-2H3. The Morgan fingerprint density at radius 2 is 1.95 bits per heavy atom. The van der Waals surface area contributed by atoms with Gasteiger partial charge in [0.05, 0.1) is 0 Å². The van der Waals surface area contributed by atoms with Crippen molar-refractivity contribution in [1.29, 1.82) is 0 Å². The van der Waals surface area contributed by atoms with Gasteiger partial charge < -0.3 is 14.8 Å². The summed E-state index contributed by atoms with van der Waals surface area (Å²) in [6.45, 7) is 8.28. The van der Waals surface area contributed by atoms with Crippen LogP contribution in [0.1, 0.15) is 17.5 Å². The maximum absolute atomic E-state index is 3.43. The Kier molecular flexibility index (Phi) is 4.08. The average molecular weight is 271 g/mol. The normalized spacial score (nSPS) is 17.9. The third-order valence-corrected chi connectivity index (χ3v) is 4.53. The molecule has 0 radical (unpaired) electrons. The Labute approximate surface area is 121 Å². The quantitative estimate of drug-likeness (QED) is 0.923. The van der Waals surface area contributed by atoms with E-state index in [4.69, 9.17) is 0 Å². The molecule has 20 heavy (non-hydrogen) atoms. The number of nitrogens with zero attached hydrogens (tertiary/aromatic N) is 2. The van der Waals surface area contributed by atoms with Gasteiger partial charge in [-0.3, -0.25) is 0 Å². The molecule has 2 heterocycles. The summed E-state index contributed by atoms with van der Waals surface area (Å²) in [6, 6.07) is 6.58. The van der Waals surface area contributed by atoms with Crippen molar-refractivity contribution >= 4 is 10.9 Å². The van der Waals surface area contributed by atoms with Crippen LogP contribution in [0.15, 0.2) is 24.4 Å². The van der Waals surface area contributed by atoms with Gasteiger partial charge in [0.25, 0.3) is 0 Å². The van der Waals surface area contributed by atoms with Crippen molar-refractivity contribution in [2.24, 2.45) is 0 Å². The Morgan fingerprint density at radius 1 is 1.15 bits per heavy atom. The average Bonchev–Trinajstić information content (AvgIpc) is 2.86. The number of piperazine rings is 1. The summed E-state index contributed by atoms with van der Waals surface area (Å²) < 4.78 is 0. The zero-order valence-electron chi connectivity index (χ0n) is 12.7. The second-order valence-corrected chi connectivity index (χ2v) is 6.06. The molecule has 1 aliphatic heterocycles. The first-order valence-corrected chi connectivity index (χ1v) is 7.70. The number of H-pyrrole nitrogens is 1. The molecule has 3 nitrogen and oxygen atoms in total. The molecule has 1 aliphatic rings. The van der Waals surface area contributed by atoms with Crippen molar-refractivity contribution in [2.45, 2.75) is 19.8 Å². The van der Waals surface area contributed by atoms with E-state index in [9.17, 15) is 0 Å². The van der Waals surface area contributed by atoms with E-state index in [0.717, 1.165) is 0 Å². The number of para-hydroxylation sites is 1. The van der Waals surface area contributed by atoms with E-state index < -0.39 is 0 Å². The number of hydrogen-bond acceptors (Lipinski definition) is 2. The SMILES string of the molecule is Cc1cccc2c(CCCN3CCN(C)CC3)c[nH]c12. The topological polar surface area (TPSA) is 22.3 Å². The summed E-state index contributed by atoms with van der Waals surface area (Å²) in [4.78, 5) is 8.44. The summed E-state index contributed by atoms with van der Waals surface area (Å²) >= 11 is 0. The van der Waals surface area contributed by atoms with Gasteiger partial charge in [-0.05, 0) is 44.5 Å². The zero-order valence-corrected chi connectivity index (χ0v) is 12.7. The van der Waals surface area contributed by atoms with Gasteiger partial charge >= 0.3 is 0 Å². The number of fused-ring (bicyclic) bond motifs is 1. The van der Waals surface area contributed by atoms with E-state index in [0.29, 0.717) is 0 Å². The molecule has 3 heteroatoms. The van der Waals surface area contributed by atoms with Gasteiger partial charge in [0.1, 0.15) is 0 Å². The summed E-state index contributed by atoms with van der Waals surface area (Å²) in [5.41, 5.74) is 4.12. The Bertz CT molecular complexity index is 565. The van der Waals surface area contributed by atoms with Crippen LogP contribution in [0.25, 0.3) is 10.9 Å². The molecular weight excluding hydrogens is 246 g/mol. The van der Waals surface area contributed by atoms with Crippen molar-refractivity contribution < 1.29 is 0 Å². The monoisotopic (exact) mass is 271 g/mol. The summed E-state index contributed by atoms with van der Waals surface area (Å²) in [5.74, 6) is 0. The second kappa shape index (κ2) is 5.98. The molecule has 3 rings (SSSR count). The van der Waals surface area contributed by atoms with Crippen LogP contribution in [0.4, 0.5) is 0 Å². The molecule has 1 saturated heterocycles. The highest BCUT2D eigenvalue weighted by Gasteiger charge is 2.13. The number of aromatic nitrogens is 1. The first kappa shape index (κ1) is 13.7. The molecule has 0 aliphatic carbocycles. The van der Waals surface area contributed by atoms with Crippen LogP contribution in [0.2, 0.25) is 0 Å². The molecule has 0 unspecified atom stereocenters. The third kappa shape index (κ3) is 2.89. The lowest BCUT2D eigenvalue weighted by molar-refractivity contribution is 0.153. The molecule has 1 aromatic heterocycles. The molecule has 108 valence electrons. The minimum atomic E-state index is 1.18. The van der Waals surface area contributed by atoms with Gasteiger partial charge in [0.2, 0.25) is 0 Å². The molecule has 0 atom stereocenters. The highest BCUT2D eigenvalue weighted by molar-refractivity contribution is 5.85. The largest absolute Gasteiger partial charge is 0.361 e. The van der Waals surface area contributed by atoms with E-state index in [1.165, 1.54) is 67.6 Å². The summed E-state index contributed by atoms with van der Waals surface area (Å²) in [6.07, 6.45) is 4.63. The highest BCUT2D eigenvalue weighted by atomic mass is 15.2. The Balaban J connectivity index is 1.56. The van der Waals surface area contributed by atoms with Crippen LogP contribution in [-0.4, -0.2) is 54.6 Å². The number of hydrogen-bond donors (Lipinski definition) is 1. The maximum atomic E-state index is 3.43. The molecule has 2 aromatic rings. The Morgan fingerprint density at radius 3 is 2.75 bits per heavy atom. The number of benzene rings is 1. The highest BCUT2D eigenvalue weighted by Crippen LogP contribution is 2.22. The zero-order chi connectivity index (χ0) is 13.9. The van der Waals surface area contributed by atoms with Gasteiger partial charge in [-0.1, -0.05) is 18.2 Å². The molecule has 1 fully saturated rings. The van der Waals surface area contributed by atoms with E-state index >= 15 is 0 Å². The smallest absolute Gasteiger partial charge is 0.0486 e. The predicted octanol–water partition coefficient (Wildman–Crippen LogP) is 2.66. The van der Waals surface area contributed by atoms with E-state index in [1.54, 1.807) is 0 Å². The molecule has 0 spiro atoms. The number of aryl methyl sites for hydroxylation is 2. The first-order chi connectivity index (χ1) is 9.74. The maximum Gasteiger partial charge on any atom is 0.0486 e. The summed E-state index contributed by atoms with van der Waals surface area (Å²) in [5, 5.41) is 1.41. The molecule has 1 N–H and O–H groups in total. The minimum Gasteiger partial charge on any atom is -0.361 e. The second-order valence-electron chi connectivity index (χ2n) is 6.06. The van der Waals surface area contributed by atoms with Crippen LogP contribution in [0.5, 0.6) is 0 Å². The number of rotatable bonds is 4. The fourth-order valence-electron chi connectivity index (χ4n) is 3.14. The van der Waals surface area contributed by atoms with Crippen LogP contribution in [0, 0.1) is 6.92 Å². The van der Waals surface area contributed by atoms with E-state index in [-0.39, 0.29) is 0 Å². The van der Waals surface area contributed by atoms with Crippen molar-refractivity contribution in [3.05, 3.63) is 35.5 Å². The minimum absolute atomic E-state index is 1.18. The fraction of sp³-hybridized carbons (Fsp3) is 0.529. The van der Waals surface area contributed by atoms with Gasteiger partial charge in [-0.25, -0.2) is 0 Å². The molecule has 1 aromatic carbocycles. The lowest BCUT2D eigenvalue weighted by atomic mass is 10.1. The number of aromatic amines is 1. The number of likely N-dealkylation sites (N-methyl/N-ethyl adjacent to an activating group) is 1. The number of nitrogens with one attached hydrogen (secondary N) is 1. The molecule has 0 saturated carbocycles. The van der Waals surface area contributed by atoms with Crippen LogP contribution in [-0.2, 0) is 6.42 Å². The van der Waals surface area contributed by atoms with Crippen molar-refractivity contribution in [1.82, 2.24) is 14.8 Å². The molecule has 0 amide bonds. The van der Waals surface area contributed by atoms with Gasteiger partial charge in [0.15, 0.2) is 0 Å². The van der Waals surface area contributed by atoms with Gasteiger partial charge in [-0.2, -0.15) is 0 Å². The lowest BCUT2D eigenvalue weighted by Crippen LogP contribution is -2.44. The first-order valence-electron chi connectivity index (χ1n) is 7.70. The Hall–Kier alpha value is -1.32. The fourth-order valence-corrected chi connectivity index (χ4v) is 3.14. The van der Waals surface area contributed by atoms with E-state index in [1.807, 2.05) is 0 Å². The van der Waals surface area contributed by atoms with Crippen LogP contribution >= 0.6 is 0 Å². The van der Waals surface area contributed by atoms with E-state index in [2.05, 4.69) is 53.2 Å². The lowest BCUT2D eigenvalue weighted by Gasteiger charge is -2.32.